The minimum absolute atomic E-state index is 0.108. The molecule has 3 heterocycles. The van der Waals surface area contributed by atoms with E-state index in [9.17, 15) is 4.79 Å². The van der Waals surface area contributed by atoms with E-state index in [0.29, 0.717) is 11.6 Å². The van der Waals surface area contributed by atoms with Crippen LogP contribution in [0, 0.1) is 0 Å². The van der Waals surface area contributed by atoms with E-state index < -0.39 is 0 Å². The van der Waals surface area contributed by atoms with E-state index in [1.807, 2.05) is 54.7 Å². The fraction of sp³-hybridized carbons (Fsp3) is 0.387. The van der Waals surface area contributed by atoms with Crippen molar-refractivity contribution in [3.05, 3.63) is 77.6 Å². The molecule has 202 valence electrons. The number of pyridine rings is 1. The van der Waals surface area contributed by atoms with Gasteiger partial charge in [0, 0.05) is 42.3 Å². The molecule has 2 aliphatic rings. The zero-order chi connectivity index (χ0) is 26.4. The Hall–Kier alpha value is -3.91. The molecule has 0 atom stereocenters. The molecule has 0 radical (unpaired) electrons. The molecule has 8 heteroatoms. The molecule has 2 fully saturated rings. The van der Waals surface area contributed by atoms with E-state index in [2.05, 4.69) is 36.8 Å². The lowest BCUT2D eigenvalue weighted by Crippen LogP contribution is -2.36. The first-order chi connectivity index (χ1) is 19.2. The summed E-state index contributed by atoms with van der Waals surface area (Å²) in [5.41, 5.74) is 5.74. The highest BCUT2D eigenvalue weighted by atomic mass is 16.5. The molecule has 1 saturated carbocycles. The van der Waals surface area contributed by atoms with Crippen LogP contribution in [-0.4, -0.2) is 53.4 Å². The number of aromatic amines is 1. The van der Waals surface area contributed by atoms with Crippen molar-refractivity contribution in [3.63, 3.8) is 0 Å². The lowest BCUT2D eigenvalue weighted by Gasteiger charge is -2.28. The number of nitrogens with zero attached hydrogens (tertiary/aromatic N) is 3. The first-order valence-corrected chi connectivity index (χ1v) is 14.1. The van der Waals surface area contributed by atoms with Crippen molar-refractivity contribution in [2.45, 2.75) is 51.0 Å². The van der Waals surface area contributed by atoms with E-state index >= 15 is 0 Å². The molecular formula is C31H36N6O2. The second-order valence-electron chi connectivity index (χ2n) is 10.5. The molecule has 6 rings (SSSR count). The number of aryl methyl sites for hydroxylation is 2. The number of rotatable bonds is 8. The molecule has 1 saturated heterocycles. The van der Waals surface area contributed by atoms with Crippen LogP contribution in [0.4, 0.5) is 17.2 Å². The van der Waals surface area contributed by atoms with Gasteiger partial charge in [-0.05, 0) is 73.7 Å². The predicted molar refractivity (Wildman–Crippen MR) is 156 cm³/mol. The Morgan fingerprint density at radius 3 is 2.64 bits per heavy atom. The number of carbonyl (C=O) groups excluding carboxylic acids is 1. The summed E-state index contributed by atoms with van der Waals surface area (Å²) in [6, 6.07) is 18.3. The van der Waals surface area contributed by atoms with Gasteiger partial charge in [0.1, 0.15) is 5.82 Å². The Kier molecular flexibility index (Phi) is 7.72. The Labute approximate surface area is 229 Å². The van der Waals surface area contributed by atoms with Crippen LogP contribution in [0.5, 0.6) is 0 Å². The molecule has 3 N–H and O–H groups in total. The molecule has 39 heavy (non-hydrogen) atoms. The summed E-state index contributed by atoms with van der Waals surface area (Å²) in [4.78, 5) is 19.9. The molecule has 1 aliphatic heterocycles. The fourth-order valence-electron chi connectivity index (χ4n) is 5.68. The molecule has 4 aromatic rings. The van der Waals surface area contributed by atoms with Gasteiger partial charge in [0.05, 0.1) is 29.8 Å². The largest absolute Gasteiger partial charge is 0.378 e. The molecule has 1 amide bonds. The highest BCUT2D eigenvalue weighted by Crippen LogP contribution is 2.28. The quantitative estimate of drug-likeness (QED) is 0.279. The summed E-state index contributed by atoms with van der Waals surface area (Å²) >= 11 is 0. The Morgan fingerprint density at radius 2 is 1.82 bits per heavy atom. The summed E-state index contributed by atoms with van der Waals surface area (Å²) in [5, 5.41) is 15.7. The fourth-order valence-corrected chi connectivity index (χ4v) is 5.68. The Morgan fingerprint density at radius 1 is 1.00 bits per heavy atom. The van der Waals surface area contributed by atoms with Crippen molar-refractivity contribution in [3.8, 4) is 0 Å². The number of amides is 1. The summed E-state index contributed by atoms with van der Waals surface area (Å²) < 4.78 is 5.43. The van der Waals surface area contributed by atoms with Crippen molar-refractivity contribution < 1.29 is 9.53 Å². The monoisotopic (exact) mass is 524 g/mol. The van der Waals surface area contributed by atoms with Gasteiger partial charge in [-0.25, -0.2) is 4.98 Å². The van der Waals surface area contributed by atoms with Crippen LogP contribution in [0.15, 0.2) is 60.8 Å². The maximum absolute atomic E-state index is 12.9. The second-order valence-corrected chi connectivity index (χ2v) is 10.5. The highest BCUT2D eigenvalue weighted by Gasteiger charge is 2.18. The van der Waals surface area contributed by atoms with E-state index in [1.54, 1.807) is 0 Å². The Bertz CT molecular complexity index is 1400. The number of anilines is 3. The number of hydrogen-bond acceptors (Lipinski definition) is 6. The van der Waals surface area contributed by atoms with Crippen LogP contribution in [0.25, 0.3) is 10.9 Å². The molecule has 0 bridgehead atoms. The normalized spacial score (nSPS) is 16.4. The van der Waals surface area contributed by atoms with Crippen LogP contribution in [0.1, 0.15) is 53.7 Å². The van der Waals surface area contributed by atoms with Crippen molar-refractivity contribution in [1.29, 1.82) is 0 Å². The number of H-pyrrole nitrogens is 1. The van der Waals surface area contributed by atoms with E-state index in [4.69, 9.17) is 4.74 Å². The lowest BCUT2D eigenvalue weighted by atomic mass is 9.95. The molecule has 0 spiro atoms. The summed E-state index contributed by atoms with van der Waals surface area (Å²) in [7, 11) is 0. The number of carbonyl (C=O) groups is 1. The van der Waals surface area contributed by atoms with Crippen LogP contribution in [0.2, 0.25) is 0 Å². The summed E-state index contributed by atoms with van der Waals surface area (Å²) in [6.07, 6.45) is 9.72. The zero-order valence-electron chi connectivity index (χ0n) is 22.3. The number of aromatic nitrogens is 3. The average Bonchev–Trinajstić information content (AvgIpc) is 3.41. The number of fused-ring (bicyclic) bond motifs is 1. The maximum Gasteiger partial charge on any atom is 0.255 e. The van der Waals surface area contributed by atoms with Gasteiger partial charge in [-0.3, -0.25) is 9.89 Å². The molecule has 0 unspecified atom stereocenters. The minimum Gasteiger partial charge on any atom is -0.378 e. The van der Waals surface area contributed by atoms with Crippen LogP contribution in [0.3, 0.4) is 0 Å². The molecule has 2 aromatic heterocycles. The van der Waals surface area contributed by atoms with Gasteiger partial charge >= 0.3 is 0 Å². The summed E-state index contributed by atoms with van der Waals surface area (Å²) in [6.45, 7) is 3.23. The Balaban J connectivity index is 1.10. The number of ether oxygens (including phenoxy) is 1. The maximum atomic E-state index is 12.9. The van der Waals surface area contributed by atoms with Gasteiger partial charge in [0.15, 0.2) is 0 Å². The first-order valence-electron chi connectivity index (χ1n) is 14.1. The lowest BCUT2D eigenvalue weighted by molar-refractivity contribution is 0.102. The van der Waals surface area contributed by atoms with Gasteiger partial charge in [-0.2, -0.15) is 5.10 Å². The van der Waals surface area contributed by atoms with Gasteiger partial charge in [-0.1, -0.05) is 31.4 Å². The third kappa shape index (κ3) is 6.06. The first kappa shape index (κ1) is 25.4. The average molecular weight is 525 g/mol. The number of benzene rings is 2. The molecule has 8 nitrogen and oxygen atoms in total. The SMILES string of the molecule is O=C(Nc1cccc(CCc2n[nH]c3ccnc(NC4CCCCC4)c23)c1)c1ccc(N2CCOCC2)cc1. The summed E-state index contributed by atoms with van der Waals surface area (Å²) in [5.74, 6) is 0.826. The van der Waals surface area contributed by atoms with Crippen molar-refractivity contribution in [2.75, 3.05) is 41.8 Å². The van der Waals surface area contributed by atoms with Crippen molar-refractivity contribution >= 4 is 34.0 Å². The predicted octanol–water partition coefficient (Wildman–Crippen LogP) is 5.58. The number of hydrogen-bond donors (Lipinski definition) is 3. The standard InChI is InChI=1S/C31H36N6O2/c38-31(23-10-12-26(13-11-23)37-17-19-39-20-18-37)34-25-8-4-5-22(21-25)9-14-27-29-28(36-35-27)15-16-32-30(29)33-24-6-2-1-3-7-24/h4-5,8,10-13,15-16,21,24H,1-3,6-7,9,14,17-20H2,(H,32,33)(H,34,38)(H,35,36). The van der Waals surface area contributed by atoms with Gasteiger partial charge in [0.2, 0.25) is 0 Å². The second kappa shape index (κ2) is 11.9. The van der Waals surface area contributed by atoms with Crippen LogP contribution >= 0.6 is 0 Å². The van der Waals surface area contributed by atoms with Gasteiger partial charge in [0.25, 0.3) is 5.91 Å². The molecule has 2 aromatic carbocycles. The molecule has 1 aliphatic carbocycles. The van der Waals surface area contributed by atoms with E-state index in [0.717, 1.165) is 78.5 Å². The number of nitrogens with one attached hydrogen (secondary N) is 3. The third-order valence-electron chi connectivity index (χ3n) is 7.84. The minimum atomic E-state index is -0.108. The van der Waals surface area contributed by atoms with E-state index in [1.165, 1.54) is 32.1 Å². The smallest absolute Gasteiger partial charge is 0.255 e. The van der Waals surface area contributed by atoms with Gasteiger partial charge < -0.3 is 20.3 Å². The number of morpholine rings is 1. The van der Waals surface area contributed by atoms with E-state index in [-0.39, 0.29) is 5.91 Å². The molecular weight excluding hydrogens is 488 g/mol. The van der Waals surface area contributed by atoms with Crippen LogP contribution < -0.4 is 15.5 Å². The topological polar surface area (TPSA) is 95.2 Å². The van der Waals surface area contributed by atoms with Crippen molar-refractivity contribution in [1.82, 2.24) is 15.2 Å². The third-order valence-corrected chi connectivity index (χ3v) is 7.84. The van der Waals surface area contributed by atoms with Crippen molar-refractivity contribution in [2.24, 2.45) is 0 Å². The van der Waals surface area contributed by atoms with Gasteiger partial charge in [-0.15, -0.1) is 0 Å². The van der Waals surface area contributed by atoms with Crippen LogP contribution in [-0.2, 0) is 17.6 Å². The highest BCUT2D eigenvalue weighted by molar-refractivity contribution is 6.04. The zero-order valence-corrected chi connectivity index (χ0v) is 22.3.